The highest BCUT2D eigenvalue weighted by Gasteiger charge is 2.26. The summed E-state index contributed by atoms with van der Waals surface area (Å²) < 4.78 is 0. The number of amides is 1. The van der Waals surface area contributed by atoms with Gasteiger partial charge >= 0.3 is 0 Å². The third-order valence-corrected chi connectivity index (χ3v) is 3.22. The van der Waals surface area contributed by atoms with E-state index in [1.165, 1.54) is 0 Å². The van der Waals surface area contributed by atoms with Crippen LogP contribution in [0.5, 0.6) is 0 Å². The van der Waals surface area contributed by atoms with Crippen molar-refractivity contribution in [3.63, 3.8) is 0 Å². The van der Waals surface area contributed by atoms with Gasteiger partial charge in [-0.15, -0.1) is 0 Å². The lowest BCUT2D eigenvalue weighted by Gasteiger charge is -2.24. The monoisotopic (exact) mass is 263 g/mol. The number of para-hydroxylation sites is 1. The highest BCUT2D eigenvalue weighted by Crippen LogP contribution is 2.10. The summed E-state index contributed by atoms with van der Waals surface area (Å²) in [6.07, 6.45) is 1.61. The minimum atomic E-state index is -0.764. The first kappa shape index (κ1) is 15.5. The molecular formula is C15H25N3O. The van der Waals surface area contributed by atoms with Gasteiger partial charge in [0, 0.05) is 25.8 Å². The first-order valence-corrected chi connectivity index (χ1v) is 6.80. The Bertz CT molecular complexity index is 390. The molecule has 1 rings (SSSR count). The predicted octanol–water partition coefficient (Wildman–Crippen LogP) is 1.76. The standard InChI is InChI=1S/C15H25N3O/c1-4-10-15(2,16)14(19)17-11-12-18(3)13-8-6-5-7-9-13/h5-9H,4,10-12,16H2,1-3H3,(H,17,19). The van der Waals surface area contributed by atoms with E-state index in [9.17, 15) is 4.79 Å². The number of likely N-dealkylation sites (N-methyl/N-ethyl adjacent to an activating group) is 1. The maximum Gasteiger partial charge on any atom is 0.239 e. The first-order chi connectivity index (χ1) is 8.97. The molecule has 19 heavy (non-hydrogen) atoms. The molecule has 3 N–H and O–H groups in total. The van der Waals surface area contributed by atoms with Crippen LogP contribution in [0, 0.1) is 0 Å². The van der Waals surface area contributed by atoms with Gasteiger partial charge in [-0.1, -0.05) is 31.5 Å². The van der Waals surface area contributed by atoms with Crippen LogP contribution < -0.4 is 16.0 Å². The molecule has 0 saturated heterocycles. The van der Waals surface area contributed by atoms with Crippen molar-refractivity contribution in [3.8, 4) is 0 Å². The Morgan fingerprint density at radius 1 is 1.37 bits per heavy atom. The number of carbonyl (C=O) groups is 1. The first-order valence-electron chi connectivity index (χ1n) is 6.80. The molecule has 0 radical (unpaired) electrons. The summed E-state index contributed by atoms with van der Waals surface area (Å²) in [5, 5.41) is 2.90. The molecule has 1 aromatic rings. The summed E-state index contributed by atoms with van der Waals surface area (Å²) in [7, 11) is 2.01. The van der Waals surface area contributed by atoms with Crippen molar-refractivity contribution in [2.24, 2.45) is 5.73 Å². The van der Waals surface area contributed by atoms with Crippen molar-refractivity contribution in [2.75, 3.05) is 25.0 Å². The van der Waals surface area contributed by atoms with E-state index in [1.807, 2.05) is 44.3 Å². The maximum atomic E-state index is 11.9. The Morgan fingerprint density at radius 2 is 2.00 bits per heavy atom. The lowest BCUT2D eigenvalue weighted by atomic mass is 9.97. The average molecular weight is 263 g/mol. The molecule has 1 amide bonds. The smallest absolute Gasteiger partial charge is 0.239 e. The van der Waals surface area contributed by atoms with Gasteiger partial charge < -0.3 is 16.0 Å². The zero-order valence-electron chi connectivity index (χ0n) is 12.1. The molecule has 0 aromatic heterocycles. The molecule has 0 aliphatic heterocycles. The van der Waals surface area contributed by atoms with Crippen LogP contribution in [0.25, 0.3) is 0 Å². The fraction of sp³-hybridized carbons (Fsp3) is 0.533. The SMILES string of the molecule is CCCC(C)(N)C(=O)NCCN(C)c1ccccc1. The quantitative estimate of drug-likeness (QED) is 0.788. The van der Waals surface area contributed by atoms with Gasteiger partial charge in [0.05, 0.1) is 5.54 Å². The number of anilines is 1. The molecule has 4 heteroatoms. The second-order valence-electron chi connectivity index (χ2n) is 5.18. The highest BCUT2D eigenvalue weighted by molar-refractivity contribution is 5.85. The van der Waals surface area contributed by atoms with E-state index in [0.29, 0.717) is 13.0 Å². The number of benzene rings is 1. The summed E-state index contributed by atoms with van der Waals surface area (Å²) in [5.41, 5.74) is 6.35. The van der Waals surface area contributed by atoms with E-state index in [-0.39, 0.29) is 5.91 Å². The minimum absolute atomic E-state index is 0.0733. The van der Waals surface area contributed by atoms with Gasteiger partial charge in [-0.3, -0.25) is 4.79 Å². The Hall–Kier alpha value is -1.55. The van der Waals surface area contributed by atoms with Crippen LogP contribution in [0.4, 0.5) is 5.69 Å². The molecule has 106 valence electrons. The molecule has 0 spiro atoms. The van der Waals surface area contributed by atoms with Gasteiger partial charge in [0.15, 0.2) is 0 Å². The number of rotatable bonds is 7. The molecule has 4 nitrogen and oxygen atoms in total. The fourth-order valence-corrected chi connectivity index (χ4v) is 1.98. The molecule has 0 bridgehead atoms. The third kappa shape index (κ3) is 4.91. The number of nitrogens with zero attached hydrogens (tertiary/aromatic N) is 1. The Labute approximate surface area is 116 Å². The molecule has 0 fully saturated rings. The summed E-state index contributed by atoms with van der Waals surface area (Å²) in [4.78, 5) is 14.0. The maximum absolute atomic E-state index is 11.9. The van der Waals surface area contributed by atoms with E-state index in [0.717, 1.165) is 18.7 Å². The van der Waals surface area contributed by atoms with Crippen molar-refractivity contribution >= 4 is 11.6 Å². The Morgan fingerprint density at radius 3 is 2.58 bits per heavy atom. The molecule has 1 unspecified atom stereocenters. The van der Waals surface area contributed by atoms with Gasteiger partial charge in [-0.25, -0.2) is 0 Å². The number of hydrogen-bond donors (Lipinski definition) is 2. The Kier molecular flexibility index (Phi) is 5.83. The van der Waals surface area contributed by atoms with Crippen LogP contribution in [0.2, 0.25) is 0 Å². The molecule has 1 atom stereocenters. The fourth-order valence-electron chi connectivity index (χ4n) is 1.98. The number of hydrogen-bond acceptors (Lipinski definition) is 3. The minimum Gasteiger partial charge on any atom is -0.373 e. The molecule has 0 aliphatic carbocycles. The summed E-state index contributed by atoms with van der Waals surface area (Å²) >= 11 is 0. The van der Waals surface area contributed by atoms with Crippen LogP contribution in [-0.4, -0.2) is 31.6 Å². The van der Waals surface area contributed by atoms with E-state index in [1.54, 1.807) is 6.92 Å². The second kappa shape index (κ2) is 7.14. The van der Waals surface area contributed by atoms with Gasteiger partial charge in [-0.2, -0.15) is 0 Å². The van der Waals surface area contributed by atoms with Crippen LogP contribution >= 0.6 is 0 Å². The van der Waals surface area contributed by atoms with E-state index < -0.39 is 5.54 Å². The summed E-state index contributed by atoms with van der Waals surface area (Å²) in [6, 6.07) is 10.1. The Balaban J connectivity index is 2.36. The summed E-state index contributed by atoms with van der Waals surface area (Å²) in [5.74, 6) is -0.0733. The van der Waals surface area contributed by atoms with Crippen LogP contribution in [-0.2, 0) is 4.79 Å². The van der Waals surface area contributed by atoms with Crippen molar-refractivity contribution in [3.05, 3.63) is 30.3 Å². The topological polar surface area (TPSA) is 58.4 Å². The van der Waals surface area contributed by atoms with Crippen LogP contribution in [0.1, 0.15) is 26.7 Å². The number of carbonyl (C=O) groups excluding carboxylic acids is 1. The molecule has 0 heterocycles. The highest BCUT2D eigenvalue weighted by atomic mass is 16.2. The van der Waals surface area contributed by atoms with Gasteiger partial charge in [-0.05, 0) is 25.5 Å². The van der Waals surface area contributed by atoms with Crippen molar-refractivity contribution < 1.29 is 4.79 Å². The van der Waals surface area contributed by atoms with E-state index in [4.69, 9.17) is 5.73 Å². The van der Waals surface area contributed by atoms with Crippen molar-refractivity contribution in [1.29, 1.82) is 0 Å². The number of nitrogens with two attached hydrogens (primary N) is 1. The lowest BCUT2D eigenvalue weighted by molar-refractivity contribution is -0.125. The zero-order valence-corrected chi connectivity index (χ0v) is 12.1. The van der Waals surface area contributed by atoms with E-state index >= 15 is 0 Å². The third-order valence-electron chi connectivity index (χ3n) is 3.22. The number of nitrogens with one attached hydrogen (secondary N) is 1. The second-order valence-corrected chi connectivity index (χ2v) is 5.18. The molecule has 1 aromatic carbocycles. The largest absolute Gasteiger partial charge is 0.373 e. The van der Waals surface area contributed by atoms with Gasteiger partial charge in [0.2, 0.25) is 5.91 Å². The average Bonchev–Trinajstić information content (AvgIpc) is 2.39. The molecular weight excluding hydrogens is 238 g/mol. The van der Waals surface area contributed by atoms with Crippen LogP contribution in [0.3, 0.4) is 0 Å². The summed E-state index contributed by atoms with van der Waals surface area (Å²) in [6.45, 7) is 5.17. The van der Waals surface area contributed by atoms with Crippen molar-refractivity contribution in [1.82, 2.24) is 5.32 Å². The molecule has 0 aliphatic rings. The van der Waals surface area contributed by atoms with Crippen molar-refractivity contribution in [2.45, 2.75) is 32.2 Å². The van der Waals surface area contributed by atoms with Crippen LogP contribution in [0.15, 0.2) is 30.3 Å². The predicted molar refractivity (Wildman–Crippen MR) is 80.2 cm³/mol. The van der Waals surface area contributed by atoms with Gasteiger partial charge in [0.1, 0.15) is 0 Å². The zero-order chi connectivity index (χ0) is 14.3. The normalized spacial score (nSPS) is 13.7. The molecule has 0 saturated carbocycles. The lowest BCUT2D eigenvalue weighted by Crippen LogP contribution is -2.52. The van der Waals surface area contributed by atoms with E-state index in [2.05, 4.69) is 10.2 Å². The van der Waals surface area contributed by atoms with Gasteiger partial charge in [0.25, 0.3) is 0 Å².